The predicted octanol–water partition coefficient (Wildman–Crippen LogP) is 6.20. The minimum Gasteiger partial charge on any atom is -0.117 e. The van der Waals surface area contributed by atoms with Crippen LogP contribution in [0.2, 0.25) is 5.02 Å². The third-order valence-corrected chi connectivity index (χ3v) is 4.18. The Bertz CT molecular complexity index is 490. The van der Waals surface area contributed by atoms with Crippen LogP contribution in [-0.2, 0) is 0 Å². The van der Waals surface area contributed by atoms with Gasteiger partial charge >= 0.3 is 0 Å². The third-order valence-electron chi connectivity index (χ3n) is 3.37. The van der Waals surface area contributed by atoms with Gasteiger partial charge in [0, 0.05) is 10.9 Å². The minimum atomic E-state index is -0.0142. The summed E-state index contributed by atoms with van der Waals surface area (Å²) in [6.07, 6.45) is 2.21. The SMILES string of the molecule is CCCC(c1ccccc1)C(Cl)c1ccc(Cl)cc1. The summed E-state index contributed by atoms with van der Waals surface area (Å²) in [4.78, 5) is 0. The Labute approximate surface area is 125 Å². The number of benzene rings is 2. The molecule has 0 aromatic heterocycles. The first kappa shape index (κ1) is 14.4. The van der Waals surface area contributed by atoms with Crippen molar-refractivity contribution in [3.05, 3.63) is 70.7 Å². The van der Waals surface area contributed by atoms with E-state index < -0.39 is 0 Å². The average molecular weight is 293 g/mol. The molecule has 19 heavy (non-hydrogen) atoms. The van der Waals surface area contributed by atoms with Crippen LogP contribution in [0.25, 0.3) is 0 Å². The van der Waals surface area contributed by atoms with E-state index >= 15 is 0 Å². The van der Waals surface area contributed by atoms with Gasteiger partial charge in [-0.05, 0) is 29.7 Å². The zero-order valence-electron chi connectivity index (χ0n) is 11.0. The highest BCUT2D eigenvalue weighted by Gasteiger charge is 2.21. The second kappa shape index (κ2) is 6.98. The van der Waals surface area contributed by atoms with Gasteiger partial charge < -0.3 is 0 Å². The van der Waals surface area contributed by atoms with Crippen molar-refractivity contribution >= 4 is 23.2 Å². The zero-order chi connectivity index (χ0) is 13.7. The molecule has 2 rings (SSSR count). The molecule has 0 aliphatic heterocycles. The van der Waals surface area contributed by atoms with Gasteiger partial charge in [0.15, 0.2) is 0 Å². The highest BCUT2D eigenvalue weighted by molar-refractivity contribution is 6.30. The molecule has 0 radical (unpaired) electrons. The molecule has 0 heterocycles. The molecule has 0 spiro atoms. The van der Waals surface area contributed by atoms with Crippen LogP contribution in [0.3, 0.4) is 0 Å². The van der Waals surface area contributed by atoms with Crippen LogP contribution in [0.5, 0.6) is 0 Å². The van der Waals surface area contributed by atoms with Crippen molar-refractivity contribution in [2.45, 2.75) is 31.1 Å². The van der Waals surface area contributed by atoms with E-state index in [0.717, 1.165) is 23.4 Å². The molecule has 0 aliphatic carbocycles. The quantitative estimate of drug-likeness (QED) is 0.575. The van der Waals surface area contributed by atoms with Crippen molar-refractivity contribution < 1.29 is 0 Å². The van der Waals surface area contributed by atoms with E-state index in [-0.39, 0.29) is 5.38 Å². The van der Waals surface area contributed by atoms with Crippen molar-refractivity contribution in [2.75, 3.05) is 0 Å². The Morgan fingerprint density at radius 2 is 1.53 bits per heavy atom. The maximum atomic E-state index is 6.69. The smallest absolute Gasteiger partial charge is 0.0653 e. The summed E-state index contributed by atoms with van der Waals surface area (Å²) in [5, 5.41) is 0.735. The molecule has 0 amide bonds. The molecule has 100 valence electrons. The van der Waals surface area contributed by atoms with Crippen LogP contribution < -0.4 is 0 Å². The highest BCUT2D eigenvalue weighted by Crippen LogP contribution is 2.39. The maximum absolute atomic E-state index is 6.69. The molecule has 0 saturated carbocycles. The van der Waals surface area contributed by atoms with Crippen LogP contribution in [0, 0.1) is 0 Å². The second-order valence-electron chi connectivity index (χ2n) is 4.76. The Morgan fingerprint density at radius 3 is 2.11 bits per heavy atom. The lowest BCUT2D eigenvalue weighted by Crippen LogP contribution is -2.06. The number of rotatable bonds is 5. The summed E-state index contributed by atoms with van der Waals surface area (Å²) >= 11 is 12.6. The highest BCUT2D eigenvalue weighted by atomic mass is 35.5. The molecular weight excluding hydrogens is 275 g/mol. The summed E-state index contributed by atoms with van der Waals surface area (Å²) < 4.78 is 0. The molecule has 0 N–H and O–H groups in total. The van der Waals surface area contributed by atoms with Gasteiger partial charge in [-0.3, -0.25) is 0 Å². The van der Waals surface area contributed by atoms with Crippen molar-refractivity contribution in [3.8, 4) is 0 Å². The van der Waals surface area contributed by atoms with E-state index in [1.807, 2.05) is 30.3 Å². The number of alkyl halides is 1. The lowest BCUT2D eigenvalue weighted by molar-refractivity contribution is 0.594. The zero-order valence-corrected chi connectivity index (χ0v) is 12.5. The molecule has 0 nitrogen and oxygen atoms in total. The van der Waals surface area contributed by atoms with Crippen LogP contribution >= 0.6 is 23.2 Å². The number of hydrogen-bond acceptors (Lipinski definition) is 0. The standard InChI is InChI=1S/C17H18Cl2/c1-2-6-16(13-7-4-3-5-8-13)17(19)14-9-11-15(18)12-10-14/h3-5,7-12,16-17H,2,6H2,1H3. The van der Waals surface area contributed by atoms with E-state index in [1.54, 1.807) is 0 Å². The minimum absolute atomic E-state index is 0.0142. The van der Waals surface area contributed by atoms with Crippen molar-refractivity contribution in [1.82, 2.24) is 0 Å². The molecule has 2 aromatic carbocycles. The lowest BCUT2D eigenvalue weighted by Gasteiger charge is -2.23. The van der Waals surface area contributed by atoms with E-state index in [9.17, 15) is 0 Å². The first-order valence-corrected chi connectivity index (χ1v) is 7.48. The topological polar surface area (TPSA) is 0 Å². The second-order valence-corrected chi connectivity index (χ2v) is 5.67. The maximum Gasteiger partial charge on any atom is 0.0653 e. The summed E-state index contributed by atoms with van der Waals surface area (Å²) in [5.41, 5.74) is 2.44. The van der Waals surface area contributed by atoms with E-state index in [1.165, 1.54) is 5.56 Å². The van der Waals surface area contributed by atoms with Crippen molar-refractivity contribution in [3.63, 3.8) is 0 Å². The van der Waals surface area contributed by atoms with Gasteiger partial charge in [0.2, 0.25) is 0 Å². The Morgan fingerprint density at radius 1 is 0.895 bits per heavy atom. The van der Waals surface area contributed by atoms with Gasteiger partial charge in [0.1, 0.15) is 0 Å². The first-order valence-electron chi connectivity index (χ1n) is 6.67. The fourth-order valence-electron chi connectivity index (χ4n) is 2.37. The summed E-state index contributed by atoms with van der Waals surface area (Å²) in [5.74, 6) is 0.342. The Hall–Kier alpha value is -0.980. The fourth-order valence-corrected chi connectivity index (χ4v) is 2.92. The number of hydrogen-bond donors (Lipinski definition) is 0. The Balaban J connectivity index is 2.26. The van der Waals surface area contributed by atoms with Gasteiger partial charge in [-0.25, -0.2) is 0 Å². The molecule has 0 fully saturated rings. The van der Waals surface area contributed by atoms with Gasteiger partial charge in [-0.2, -0.15) is 0 Å². The van der Waals surface area contributed by atoms with E-state index in [0.29, 0.717) is 5.92 Å². The van der Waals surface area contributed by atoms with Crippen LogP contribution in [0.1, 0.15) is 42.2 Å². The van der Waals surface area contributed by atoms with Crippen LogP contribution in [0.15, 0.2) is 54.6 Å². The first-order chi connectivity index (χ1) is 9.22. The molecule has 2 aromatic rings. The molecular formula is C17H18Cl2. The fraction of sp³-hybridized carbons (Fsp3) is 0.294. The van der Waals surface area contributed by atoms with E-state index in [4.69, 9.17) is 23.2 Å². The van der Waals surface area contributed by atoms with Crippen LogP contribution in [0.4, 0.5) is 0 Å². The molecule has 2 heteroatoms. The average Bonchev–Trinajstić information content (AvgIpc) is 2.46. The largest absolute Gasteiger partial charge is 0.117 e. The van der Waals surface area contributed by atoms with Gasteiger partial charge in [0.25, 0.3) is 0 Å². The van der Waals surface area contributed by atoms with Gasteiger partial charge in [0.05, 0.1) is 5.38 Å². The molecule has 0 aliphatic rings. The molecule has 0 bridgehead atoms. The van der Waals surface area contributed by atoms with Crippen LogP contribution in [-0.4, -0.2) is 0 Å². The lowest BCUT2D eigenvalue weighted by atomic mass is 9.88. The summed E-state index contributed by atoms with van der Waals surface area (Å²) in [6, 6.07) is 18.3. The van der Waals surface area contributed by atoms with Crippen molar-refractivity contribution in [1.29, 1.82) is 0 Å². The van der Waals surface area contributed by atoms with Crippen molar-refractivity contribution in [2.24, 2.45) is 0 Å². The molecule has 2 atom stereocenters. The molecule has 0 saturated heterocycles. The summed E-state index contributed by atoms with van der Waals surface area (Å²) in [6.45, 7) is 2.20. The monoisotopic (exact) mass is 292 g/mol. The normalized spacial score (nSPS) is 14.1. The third kappa shape index (κ3) is 3.75. The molecule has 2 unspecified atom stereocenters. The van der Waals surface area contributed by atoms with E-state index in [2.05, 4.69) is 31.2 Å². The predicted molar refractivity (Wildman–Crippen MR) is 84.1 cm³/mol. The number of halogens is 2. The van der Waals surface area contributed by atoms with Gasteiger partial charge in [-0.1, -0.05) is 67.4 Å². The van der Waals surface area contributed by atoms with Gasteiger partial charge in [-0.15, -0.1) is 11.6 Å². The summed E-state index contributed by atoms with van der Waals surface area (Å²) in [7, 11) is 0. The Kier molecular flexibility index (Phi) is 5.30.